The predicted octanol–water partition coefficient (Wildman–Crippen LogP) is 2.30. The van der Waals surface area contributed by atoms with Gasteiger partial charge in [0.1, 0.15) is 13.1 Å². The molecule has 0 aliphatic carbocycles. The number of rotatable bonds is 1. The van der Waals surface area contributed by atoms with Crippen molar-refractivity contribution in [1.29, 1.82) is 0 Å². The van der Waals surface area contributed by atoms with Crippen molar-refractivity contribution < 1.29 is 4.58 Å². The maximum atomic E-state index is 2.48. The van der Waals surface area contributed by atoms with Crippen molar-refractivity contribution in [2.45, 2.75) is 19.8 Å². The van der Waals surface area contributed by atoms with Crippen LogP contribution in [-0.2, 0) is 0 Å². The van der Waals surface area contributed by atoms with Gasteiger partial charge in [-0.2, -0.15) is 0 Å². The molecule has 1 nitrogen and oxygen atoms in total. The van der Waals surface area contributed by atoms with E-state index in [1.54, 1.807) is 0 Å². The maximum absolute atomic E-state index is 2.48. The molecule has 1 heteroatoms. The summed E-state index contributed by atoms with van der Waals surface area (Å²) in [6.07, 6.45) is 2.70. The molecule has 1 fully saturated rings. The molecule has 13 heavy (non-hydrogen) atoms. The maximum Gasteiger partial charge on any atom is 0.180 e. The highest BCUT2D eigenvalue weighted by Gasteiger charge is 2.16. The lowest BCUT2D eigenvalue weighted by molar-refractivity contribution is -0.506. The number of hydrogen-bond donors (Lipinski definition) is 0. The van der Waals surface area contributed by atoms with E-state index in [-0.39, 0.29) is 0 Å². The van der Waals surface area contributed by atoms with E-state index in [0.29, 0.717) is 0 Å². The van der Waals surface area contributed by atoms with Gasteiger partial charge in [-0.05, 0) is 12.1 Å². The summed E-state index contributed by atoms with van der Waals surface area (Å²) in [5, 5.41) is 0. The molecule has 1 aliphatic rings. The van der Waals surface area contributed by atoms with Crippen LogP contribution in [0.25, 0.3) is 0 Å². The molecule has 1 aromatic carbocycles. The first kappa shape index (κ1) is 8.49. The van der Waals surface area contributed by atoms with E-state index in [0.717, 1.165) is 0 Å². The molecule has 1 aromatic rings. The van der Waals surface area contributed by atoms with E-state index in [9.17, 15) is 0 Å². The van der Waals surface area contributed by atoms with Crippen LogP contribution in [0.3, 0.4) is 0 Å². The highest BCUT2D eigenvalue weighted by atomic mass is 15.0. The third-order valence-electron chi connectivity index (χ3n) is 2.77. The van der Waals surface area contributed by atoms with Gasteiger partial charge in [0.25, 0.3) is 0 Å². The standard InChI is InChI=1S/C12H16N/c1-11(13-9-5-6-10-13)12-7-3-2-4-8-12/h2-4,7-8H,5-6,9-10H2,1H3/q+1. The average molecular weight is 174 g/mol. The molecule has 1 aliphatic heterocycles. The van der Waals surface area contributed by atoms with Crippen molar-refractivity contribution in [3.63, 3.8) is 0 Å². The fraction of sp³-hybridized carbons (Fsp3) is 0.417. The first-order chi connectivity index (χ1) is 6.38. The Morgan fingerprint density at radius 1 is 1.08 bits per heavy atom. The largest absolute Gasteiger partial charge is 0.233 e. The Balaban J connectivity index is 2.30. The average Bonchev–Trinajstić information content (AvgIpc) is 2.71. The predicted molar refractivity (Wildman–Crippen MR) is 55.5 cm³/mol. The molecule has 1 heterocycles. The summed E-state index contributed by atoms with van der Waals surface area (Å²) >= 11 is 0. The van der Waals surface area contributed by atoms with Crippen molar-refractivity contribution in [3.05, 3.63) is 35.9 Å². The van der Waals surface area contributed by atoms with Crippen LogP contribution >= 0.6 is 0 Å². The molecule has 1 saturated heterocycles. The van der Waals surface area contributed by atoms with Crippen LogP contribution in [-0.4, -0.2) is 23.4 Å². The second-order valence-electron chi connectivity index (χ2n) is 3.65. The second-order valence-corrected chi connectivity index (χ2v) is 3.65. The summed E-state index contributed by atoms with van der Waals surface area (Å²) in [6.45, 7) is 4.70. The van der Waals surface area contributed by atoms with E-state index in [2.05, 4.69) is 41.8 Å². The van der Waals surface area contributed by atoms with Crippen molar-refractivity contribution in [2.24, 2.45) is 0 Å². The molecule has 0 radical (unpaired) electrons. The number of hydrogen-bond acceptors (Lipinski definition) is 0. The van der Waals surface area contributed by atoms with Crippen LogP contribution in [0.2, 0.25) is 0 Å². The van der Waals surface area contributed by atoms with Crippen LogP contribution in [0.4, 0.5) is 0 Å². The van der Waals surface area contributed by atoms with Gasteiger partial charge in [-0.1, -0.05) is 18.2 Å². The molecular formula is C12H16N+. The van der Waals surface area contributed by atoms with Crippen molar-refractivity contribution >= 4 is 5.71 Å². The summed E-state index contributed by atoms with van der Waals surface area (Å²) in [6, 6.07) is 10.7. The number of benzene rings is 1. The fourth-order valence-electron chi connectivity index (χ4n) is 1.91. The molecule has 0 spiro atoms. The summed E-state index contributed by atoms with van der Waals surface area (Å²) in [5.74, 6) is 0. The molecule has 0 unspecified atom stereocenters. The first-order valence-electron chi connectivity index (χ1n) is 5.02. The monoisotopic (exact) mass is 174 g/mol. The molecule has 68 valence electrons. The normalized spacial score (nSPS) is 16.2. The van der Waals surface area contributed by atoms with Crippen LogP contribution in [0.15, 0.2) is 30.3 Å². The first-order valence-corrected chi connectivity index (χ1v) is 5.02. The Kier molecular flexibility index (Phi) is 2.44. The van der Waals surface area contributed by atoms with Gasteiger partial charge in [0.05, 0.1) is 0 Å². The minimum absolute atomic E-state index is 1.24. The molecule has 0 aromatic heterocycles. The Morgan fingerprint density at radius 3 is 2.31 bits per heavy atom. The van der Waals surface area contributed by atoms with E-state index in [1.807, 2.05) is 0 Å². The van der Waals surface area contributed by atoms with E-state index in [4.69, 9.17) is 0 Å². The van der Waals surface area contributed by atoms with Crippen molar-refractivity contribution in [1.82, 2.24) is 0 Å². The van der Waals surface area contributed by atoms with E-state index >= 15 is 0 Å². The Labute approximate surface area is 79.7 Å². The van der Waals surface area contributed by atoms with Gasteiger partial charge in [-0.15, -0.1) is 0 Å². The molecule has 0 N–H and O–H groups in total. The van der Waals surface area contributed by atoms with E-state index < -0.39 is 0 Å². The molecule has 0 bridgehead atoms. The Hall–Kier alpha value is -1.11. The van der Waals surface area contributed by atoms with E-state index in [1.165, 1.54) is 37.2 Å². The SMILES string of the molecule is CC(c1ccccc1)=[N+]1CCCC1. The zero-order chi connectivity index (χ0) is 9.10. The summed E-state index contributed by atoms with van der Waals surface area (Å²) in [5.41, 5.74) is 2.79. The minimum Gasteiger partial charge on any atom is -0.233 e. The van der Waals surface area contributed by atoms with Crippen LogP contribution in [0, 0.1) is 0 Å². The quantitative estimate of drug-likeness (QED) is 0.575. The van der Waals surface area contributed by atoms with Crippen LogP contribution in [0.1, 0.15) is 25.3 Å². The molecule has 0 atom stereocenters. The molecule has 0 saturated carbocycles. The third kappa shape index (κ3) is 1.80. The summed E-state index contributed by atoms with van der Waals surface area (Å²) in [4.78, 5) is 0. The lowest BCUT2D eigenvalue weighted by Gasteiger charge is -1.99. The smallest absolute Gasteiger partial charge is 0.180 e. The Bertz CT molecular complexity index is 303. The molecule has 0 amide bonds. The summed E-state index contributed by atoms with van der Waals surface area (Å²) in [7, 11) is 0. The topological polar surface area (TPSA) is 3.01 Å². The van der Waals surface area contributed by atoms with Gasteiger partial charge in [0.15, 0.2) is 5.71 Å². The highest BCUT2D eigenvalue weighted by Crippen LogP contribution is 2.07. The zero-order valence-corrected chi connectivity index (χ0v) is 8.16. The fourth-order valence-corrected chi connectivity index (χ4v) is 1.91. The van der Waals surface area contributed by atoms with Crippen molar-refractivity contribution in [3.8, 4) is 0 Å². The van der Waals surface area contributed by atoms with Gasteiger partial charge in [0.2, 0.25) is 0 Å². The summed E-state index contributed by atoms with van der Waals surface area (Å²) < 4.78 is 2.48. The van der Waals surface area contributed by atoms with Gasteiger partial charge >= 0.3 is 0 Å². The lowest BCUT2D eigenvalue weighted by Crippen LogP contribution is -2.16. The zero-order valence-electron chi connectivity index (χ0n) is 8.16. The Morgan fingerprint density at radius 2 is 1.69 bits per heavy atom. The number of nitrogens with zero attached hydrogens (tertiary/aromatic N) is 1. The van der Waals surface area contributed by atoms with Crippen LogP contribution in [0.5, 0.6) is 0 Å². The van der Waals surface area contributed by atoms with Crippen LogP contribution < -0.4 is 0 Å². The molecule has 2 rings (SSSR count). The lowest BCUT2D eigenvalue weighted by atomic mass is 10.1. The second kappa shape index (κ2) is 3.73. The van der Waals surface area contributed by atoms with Gasteiger partial charge in [0, 0.05) is 25.3 Å². The van der Waals surface area contributed by atoms with Gasteiger partial charge in [-0.25, -0.2) is 4.58 Å². The highest BCUT2D eigenvalue weighted by molar-refractivity contribution is 5.94. The third-order valence-corrected chi connectivity index (χ3v) is 2.77. The van der Waals surface area contributed by atoms with Gasteiger partial charge in [-0.3, -0.25) is 0 Å². The van der Waals surface area contributed by atoms with Gasteiger partial charge < -0.3 is 0 Å². The van der Waals surface area contributed by atoms with Crippen molar-refractivity contribution in [2.75, 3.05) is 13.1 Å². The molecular weight excluding hydrogens is 158 g/mol. The minimum atomic E-state index is 1.24.